The summed E-state index contributed by atoms with van der Waals surface area (Å²) < 4.78 is 57.8. The van der Waals surface area contributed by atoms with Gasteiger partial charge in [-0.2, -0.15) is 13.2 Å². The van der Waals surface area contributed by atoms with Gasteiger partial charge in [0.25, 0.3) is 7.52 Å². The van der Waals surface area contributed by atoms with Gasteiger partial charge in [0.2, 0.25) is 0 Å². The molecule has 0 bridgehead atoms. The largest absolute Gasteiger partial charge is 0.465 e. The average Bonchev–Trinajstić information content (AvgIpc) is 2.34. The molecule has 0 aliphatic rings. The fourth-order valence-corrected chi connectivity index (χ4v) is 3.12. The number of carbonyl (C=O) groups excluding carboxylic acids is 1. The maximum atomic E-state index is 12.3. The standard InChI is InChI=1S/C10H20F3N2O4P/c1-4-18-9(16)8(2)15-20(17,6-5-14-3)19-7-10(11,12)13/h8,14H,4-7H2,1-3H3,(H,15,17). The van der Waals surface area contributed by atoms with Crippen LogP contribution in [0.5, 0.6) is 0 Å². The molecule has 0 spiro atoms. The molecule has 120 valence electrons. The third-order valence-electron chi connectivity index (χ3n) is 2.12. The Hall–Kier alpha value is -0.630. The van der Waals surface area contributed by atoms with Gasteiger partial charge < -0.3 is 14.6 Å². The zero-order valence-corrected chi connectivity index (χ0v) is 12.5. The van der Waals surface area contributed by atoms with Crippen LogP contribution in [0, 0.1) is 0 Å². The topological polar surface area (TPSA) is 76.7 Å². The first-order valence-electron chi connectivity index (χ1n) is 6.03. The number of rotatable bonds is 9. The summed E-state index contributed by atoms with van der Waals surface area (Å²) in [6.07, 6.45) is -4.77. The van der Waals surface area contributed by atoms with E-state index in [0.717, 1.165) is 0 Å². The highest BCUT2D eigenvalue weighted by Crippen LogP contribution is 2.43. The molecule has 0 saturated carbocycles. The Morgan fingerprint density at radius 2 is 2.00 bits per heavy atom. The second-order valence-corrected chi connectivity index (χ2v) is 6.30. The second-order valence-electron chi connectivity index (χ2n) is 3.99. The Kier molecular flexibility index (Phi) is 8.34. The third kappa shape index (κ3) is 8.52. The molecular formula is C10H20F3N2O4P. The number of hydrogen-bond acceptors (Lipinski definition) is 5. The molecule has 2 N–H and O–H groups in total. The molecule has 0 saturated heterocycles. The highest BCUT2D eigenvalue weighted by Gasteiger charge is 2.35. The van der Waals surface area contributed by atoms with Gasteiger partial charge in [-0.25, -0.2) is 5.09 Å². The van der Waals surface area contributed by atoms with Gasteiger partial charge in [-0.05, 0) is 20.9 Å². The van der Waals surface area contributed by atoms with E-state index in [1.54, 1.807) is 14.0 Å². The van der Waals surface area contributed by atoms with E-state index < -0.39 is 32.3 Å². The lowest BCUT2D eigenvalue weighted by atomic mass is 10.4. The van der Waals surface area contributed by atoms with Crippen molar-refractivity contribution in [3.63, 3.8) is 0 Å². The molecule has 2 unspecified atom stereocenters. The van der Waals surface area contributed by atoms with Crippen LogP contribution in [0.2, 0.25) is 0 Å². The van der Waals surface area contributed by atoms with Crippen molar-refractivity contribution in [2.75, 3.05) is 33.0 Å². The highest BCUT2D eigenvalue weighted by molar-refractivity contribution is 7.56. The minimum Gasteiger partial charge on any atom is -0.465 e. The van der Waals surface area contributed by atoms with E-state index in [1.165, 1.54) is 6.92 Å². The van der Waals surface area contributed by atoms with Crippen LogP contribution >= 0.6 is 7.52 Å². The molecule has 6 nitrogen and oxygen atoms in total. The minimum absolute atomic E-state index is 0.120. The summed E-state index contributed by atoms with van der Waals surface area (Å²) in [7, 11) is -2.24. The summed E-state index contributed by atoms with van der Waals surface area (Å²) in [6, 6.07) is -1.02. The third-order valence-corrected chi connectivity index (χ3v) is 4.26. The molecule has 0 fully saturated rings. The van der Waals surface area contributed by atoms with Crippen LogP contribution in [0.25, 0.3) is 0 Å². The van der Waals surface area contributed by atoms with Crippen LogP contribution in [0.3, 0.4) is 0 Å². The van der Waals surface area contributed by atoms with E-state index in [-0.39, 0.29) is 19.3 Å². The number of alkyl halides is 3. The molecule has 10 heteroatoms. The summed E-state index contributed by atoms with van der Waals surface area (Å²) in [5, 5.41) is 4.96. The molecule has 0 aromatic rings. The quantitative estimate of drug-likeness (QED) is 0.495. The summed E-state index contributed by atoms with van der Waals surface area (Å²) >= 11 is 0. The molecule has 0 rings (SSSR count). The smallest absolute Gasteiger partial charge is 0.412 e. The van der Waals surface area contributed by atoms with E-state index in [0.29, 0.717) is 0 Å². The summed E-state index contributed by atoms with van der Waals surface area (Å²) in [5.74, 6) is -0.701. The number of ether oxygens (including phenoxy) is 1. The summed E-state index contributed by atoms with van der Waals surface area (Å²) in [6.45, 7) is 1.59. The summed E-state index contributed by atoms with van der Waals surface area (Å²) in [5.41, 5.74) is 0. The van der Waals surface area contributed by atoms with Crippen molar-refractivity contribution in [1.82, 2.24) is 10.4 Å². The molecule has 0 heterocycles. The molecule has 20 heavy (non-hydrogen) atoms. The van der Waals surface area contributed by atoms with Gasteiger partial charge in [-0.3, -0.25) is 9.36 Å². The molecular weight excluding hydrogens is 300 g/mol. The van der Waals surface area contributed by atoms with Gasteiger partial charge in [0, 0.05) is 6.54 Å². The van der Waals surface area contributed by atoms with Gasteiger partial charge in [0.15, 0.2) is 6.61 Å². The van der Waals surface area contributed by atoms with Crippen molar-refractivity contribution in [2.45, 2.75) is 26.1 Å². The zero-order chi connectivity index (χ0) is 15.8. The van der Waals surface area contributed by atoms with E-state index in [9.17, 15) is 22.5 Å². The number of carbonyl (C=O) groups is 1. The molecule has 2 atom stereocenters. The molecule has 0 aliphatic carbocycles. The predicted molar refractivity (Wildman–Crippen MR) is 67.6 cm³/mol. The van der Waals surface area contributed by atoms with E-state index in [1.807, 2.05) is 0 Å². The van der Waals surface area contributed by atoms with Crippen LogP contribution in [0.15, 0.2) is 0 Å². The van der Waals surface area contributed by atoms with Crippen molar-refractivity contribution in [3.05, 3.63) is 0 Å². The van der Waals surface area contributed by atoms with Crippen molar-refractivity contribution in [2.24, 2.45) is 0 Å². The molecule has 0 radical (unpaired) electrons. The summed E-state index contributed by atoms with van der Waals surface area (Å²) in [4.78, 5) is 11.4. The monoisotopic (exact) mass is 320 g/mol. The molecule has 0 aromatic heterocycles. The van der Waals surface area contributed by atoms with E-state index in [4.69, 9.17) is 0 Å². The van der Waals surface area contributed by atoms with Gasteiger partial charge in [-0.15, -0.1) is 0 Å². The Morgan fingerprint density at radius 3 is 2.45 bits per heavy atom. The zero-order valence-electron chi connectivity index (χ0n) is 11.6. The lowest BCUT2D eigenvalue weighted by molar-refractivity contribution is -0.153. The molecule has 0 aliphatic heterocycles. The fourth-order valence-electron chi connectivity index (χ4n) is 1.22. The Balaban J connectivity index is 4.68. The SMILES string of the molecule is CCOC(=O)C(C)NP(=O)(CCNC)OCC(F)(F)F. The fraction of sp³-hybridized carbons (Fsp3) is 0.900. The van der Waals surface area contributed by atoms with Crippen LogP contribution in [-0.4, -0.2) is 51.2 Å². The number of nitrogens with one attached hydrogen (secondary N) is 2. The molecule has 0 aromatic carbocycles. The van der Waals surface area contributed by atoms with Crippen LogP contribution in [0.1, 0.15) is 13.8 Å². The average molecular weight is 320 g/mol. The minimum atomic E-state index is -4.59. The second kappa shape index (κ2) is 8.61. The number of esters is 1. The van der Waals surface area contributed by atoms with E-state index in [2.05, 4.69) is 19.7 Å². The normalized spacial score (nSPS) is 16.5. The van der Waals surface area contributed by atoms with Gasteiger partial charge >= 0.3 is 12.1 Å². The Morgan fingerprint density at radius 1 is 1.40 bits per heavy atom. The number of halogens is 3. The maximum Gasteiger partial charge on any atom is 0.412 e. The van der Waals surface area contributed by atoms with Gasteiger partial charge in [0.05, 0.1) is 12.8 Å². The maximum absolute atomic E-state index is 12.3. The van der Waals surface area contributed by atoms with E-state index >= 15 is 0 Å². The Bertz CT molecular complexity index is 352. The first-order chi connectivity index (χ1) is 9.13. The van der Waals surface area contributed by atoms with Crippen LogP contribution < -0.4 is 10.4 Å². The Labute approximate surface area is 115 Å². The predicted octanol–water partition coefficient (Wildman–Crippen LogP) is 1.52. The first kappa shape index (κ1) is 19.4. The lowest BCUT2D eigenvalue weighted by Crippen LogP contribution is -2.36. The molecule has 0 amide bonds. The van der Waals surface area contributed by atoms with Gasteiger partial charge in [0.1, 0.15) is 6.04 Å². The van der Waals surface area contributed by atoms with Crippen molar-refractivity contribution in [3.8, 4) is 0 Å². The highest BCUT2D eigenvalue weighted by atomic mass is 31.2. The first-order valence-corrected chi connectivity index (χ1v) is 7.84. The van der Waals surface area contributed by atoms with Gasteiger partial charge in [-0.1, -0.05) is 0 Å². The number of hydrogen-bond donors (Lipinski definition) is 2. The van der Waals surface area contributed by atoms with Crippen molar-refractivity contribution >= 4 is 13.5 Å². The van der Waals surface area contributed by atoms with Crippen molar-refractivity contribution in [1.29, 1.82) is 0 Å². The van der Waals surface area contributed by atoms with Crippen molar-refractivity contribution < 1.29 is 31.8 Å². The van der Waals surface area contributed by atoms with Crippen LogP contribution in [-0.2, 0) is 18.6 Å². The van der Waals surface area contributed by atoms with Crippen LogP contribution in [0.4, 0.5) is 13.2 Å². The lowest BCUT2D eigenvalue weighted by Gasteiger charge is -2.23.